The second kappa shape index (κ2) is 6.52. The van der Waals surface area contributed by atoms with Crippen LogP contribution in [0.5, 0.6) is 0 Å². The van der Waals surface area contributed by atoms with E-state index in [0.717, 1.165) is 17.0 Å². The lowest BCUT2D eigenvalue weighted by molar-refractivity contribution is -0.387. The standard InChI is InChI=1S/C16H12FN3O4S/c1-8-15(21)19-12-6-9(2-5-14(12)25-8)16(22)18-10-3-4-11(17)13(7-10)20(23)24/h2-8H,1H3,(H,18,22)(H,19,21). The van der Waals surface area contributed by atoms with Crippen molar-refractivity contribution in [3.63, 3.8) is 0 Å². The minimum atomic E-state index is -0.981. The summed E-state index contributed by atoms with van der Waals surface area (Å²) in [6, 6.07) is 7.93. The first-order chi connectivity index (χ1) is 11.8. The average molecular weight is 361 g/mol. The Morgan fingerprint density at radius 2 is 2.08 bits per heavy atom. The molecule has 2 amide bonds. The number of amides is 2. The summed E-state index contributed by atoms with van der Waals surface area (Å²) in [6.45, 7) is 1.78. The van der Waals surface area contributed by atoms with Crippen molar-refractivity contribution in [3.8, 4) is 0 Å². The molecule has 1 aliphatic rings. The van der Waals surface area contributed by atoms with Gasteiger partial charge in [0.25, 0.3) is 5.91 Å². The number of nitrogens with one attached hydrogen (secondary N) is 2. The quantitative estimate of drug-likeness (QED) is 0.644. The van der Waals surface area contributed by atoms with E-state index < -0.39 is 22.3 Å². The van der Waals surface area contributed by atoms with E-state index in [1.165, 1.54) is 23.9 Å². The van der Waals surface area contributed by atoms with Crippen LogP contribution in [0.25, 0.3) is 0 Å². The normalized spacial score (nSPS) is 15.9. The molecular formula is C16H12FN3O4S. The number of anilines is 2. The Labute approximate surface area is 145 Å². The van der Waals surface area contributed by atoms with Crippen molar-refractivity contribution in [2.24, 2.45) is 0 Å². The van der Waals surface area contributed by atoms with Crippen LogP contribution < -0.4 is 10.6 Å². The fraction of sp³-hybridized carbons (Fsp3) is 0.125. The van der Waals surface area contributed by atoms with Gasteiger partial charge in [0, 0.05) is 22.2 Å². The molecule has 1 atom stereocenters. The molecule has 0 aromatic heterocycles. The zero-order chi connectivity index (χ0) is 18.1. The number of benzene rings is 2. The van der Waals surface area contributed by atoms with E-state index in [0.29, 0.717) is 5.69 Å². The summed E-state index contributed by atoms with van der Waals surface area (Å²) in [7, 11) is 0. The predicted octanol–water partition coefficient (Wildman–Crippen LogP) is 3.42. The fourth-order valence-corrected chi connectivity index (χ4v) is 3.21. The average Bonchev–Trinajstić information content (AvgIpc) is 2.57. The van der Waals surface area contributed by atoms with Crippen molar-refractivity contribution in [2.45, 2.75) is 17.1 Å². The van der Waals surface area contributed by atoms with E-state index in [-0.39, 0.29) is 22.4 Å². The Morgan fingerprint density at radius 3 is 2.80 bits per heavy atom. The first kappa shape index (κ1) is 16.9. The number of halogens is 1. The third-order valence-corrected chi connectivity index (χ3v) is 4.75. The van der Waals surface area contributed by atoms with Gasteiger partial charge < -0.3 is 10.6 Å². The lowest BCUT2D eigenvalue weighted by Gasteiger charge is -2.21. The Hall–Kier alpha value is -2.94. The Balaban J connectivity index is 1.83. The first-order valence-corrected chi connectivity index (χ1v) is 8.10. The summed E-state index contributed by atoms with van der Waals surface area (Å²) < 4.78 is 13.3. The molecule has 2 aromatic rings. The third kappa shape index (κ3) is 3.45. The Bertz CT molecular complexity index is 903. The lowest BCUT2D eigenvalue weighted by atomic mass is 10.1. The van der Waals surface area contributed by atoms with Crippen LogP contribution in [0.3, 0.4) is 0 Å². The van der Waals surface area contributed by atoms with Gasteiger partial charge in [0.1, 0.15) is 0 Å². The van der Waals surface area contributed by atoms with Crippen molar-refractivity contribution >= 4 is 40.6 Å². The number of carbonyl (C=O) groups excluding carboxylic acids is 2. The molecule has 0 aliphatic carbocycles. The van der Waals surface area contributed by atoms with Crippen molar-refractivity contribution in [2.75, 3.05) is 10.6 Å². The second-order valence-electron chi connectivity index (χ2n) is 5.34. The van der Waals surface area contributed by atoms with E-state index >= 15 is 0 Å². The molecule has 0 saturated heterocycles. The summed E-state index contributed by atoms with van der Waals surface area (Å²) in [4.78, 5) is 34.8. The number of thioether (sulfide) groups is 1. The van der Waals surface area contributed by atoms with Crippen LogP contribution in [0.1, 0.15) is 17.3 Å². The van der Waals surface area contributed by atoms with Crippen LogP contribution in [0.4, 0.5) is 21.5 Å². The molecule has 0 spiro atoms. The predicted molar refractivity (Wildman–Crippen MR) is 91.4 cm³/mol. The molecule has 1 heterocycles. The highest BCUT2D eigenvalue weighted by Crippen LogP contribution is 2.36. The smallest absolute Gasteiger partial charge is 0.306 e. The van der Waals surface area contributed by atoms with Gasteiger partial charge in [-0.25, -0.2) is 0 Å². The number of hydrogen-bond acceptors (Lipinski definition) is 5. The van der Waals surface area contributed by atoms with E-state index in [1.807, 2.05) is 0 Å². The molecule has 2 N–H and O–H groups in total. The zero-order valence-corrected chi connectivity index (χ0v) is 13.7. The van der Waals surface area contributed by atoms with Gasteiger partial charge in [-0.2, -0.15) is 4.39 Å². The number of nitro groups is 1. The van der Waals surface area contributed by atoms with Gasteiger partial charge >= 0.3 is 5.69 Å². The van der Waals surface area contributed by atoms with Gasteiger partial charge in [0.15, 0.2) is 0 Å². The van der Waals surface area contributed by atoms with Crippen LogP contribution in [0.2, 0.25) is 0 Å². The highest BCUT2D eigenvalue weighted by Gasteiger charge is 2.24. The molecule has 1 aliphatic heterocycles. The molecule has 0 saturated carbocycles. The molecule has 1 unspecified atom stereocenters. The first-order valence-electron chi connectivity index (χ1n) is 7.22. The number of nitrogens with zero attached hydrogens (tertiary/aromatic N) is 1. The van der Waals surface area contributed by atoms with Crippen LogP contribution in [-0.4, -0.2) is 22.0 Å². The second-order valence-corrected chi connectivity index (χ2v) is 6.72. The minimum Gasteiger partial charge on any atom is -0.324 e. The van der Waals surface area contributed by atoms with Crippen LogP contribution >= 0.6 is 11.8 Å². The minimum absolute atomic E-state index is 0.0999. The van der Waals surface area contributed by atoms with Crippen LogP contribution in [-0.2, 0) is 4.79 Å². The zero-order valence-electron chi connectivity index (χ0n) is 12.9. The van der Waals surface area contributed by atoms with Crippen molar-refractivity contribution < 1.29 is 18.9 Å². The molecule has 0 radical (unpaired) electrons. The van der Waals surface area contributed by atoms with Gasteiger partial charge in [0.2, 0.25) is 11.7 Å². The number of rotatable bonds is 3. The van der Waals surface area contributed by atoms with Crippen molar-refractivity contribution in [1.29, 1.82) is 0 Å². The van der Waals surface area contributed by atoms with E-state index in [9.17, 15) is 24.1 Å². The molecule has 0 fully saturated rings. The number of carbonyl (C=O) groups is 2. The van der Waals surface area contributed by atoms with Gasteiger partial charge in [-0.3, -0.25) is 19.7 Å². The molecule has 128 valence electrons. The summed E-state index contributed by atoms with van der Waals surface area (Å²) in [6.07, 6.45) is 0. The van der Waals surface area contributed by atoms with Gasteiger partial charge in [-0.15, -0.1) is 11.8 Å². The monoisotopic (exact) mass is 361 g/mol. The maximum Gasteiger partial charge on any atom is 0.306 e. The lowest BCUT2D eigenvalue weighted by Crippen LogP contribution is -2.26. The molecule has 25 heavy (non-hydrogen) atoms. The van der Waals surface area contributed by atoms with E-state index in [4.69, 9.17) is 0 Å². The third-order valence-electron chi connectivity index (χ3n) is 3.57. The van der Waals surface area contributed by atoms with E-state index in [1.54, 1.807) is 19.1 Å². The number of nitro benzene ring substituents is 1. The SMILES string of the molecule is CC1Sc2ccc(C(=O)Nc3ccc(F)c([N+](=O)[O-])c3)cc2NC1=O. The maximum absolute atomic E-state index is 13.3. The molecule has 3 rings (SSSR count). The molecule has 7 nitrogen and oxygen atoms in total. The Morgan fingerprint density at radius 1 is 1.32 bits per heavy atom. The maximum atomic E-state index is 13.3. The highest BCUT2D eigenvalue weighted by molar-refractivity contribution is 8.00. The van der Waals surface area contributed by atoms with Gasteiger partial charge in [0.05, 0.1) is 15.9 Å². The van der Waals surface area contributed by atoms with Crippen molar-refractivity contribution in [1.82, 2.24) is 0 Å². The highest BCUT2D eigenvalue weighted by atomic mass is 32.2. The molecular weight excluding hydrogens is 349 g/mol. The topological polar surface area (TPSA) is 101 Å². The summed E-state index contributed by atoms with van der Waals surface area (Å²) in [5, 5.41) is 15.7. The Kier molecular flexibility index (Phi) is 4.41. The summed E-state index contributed by atoms with van der Waals surface area (Å²) >= 11 is 1.39. The van der Waals surface area contributed by atoms with Gasteiger partial charge in [-0.05, 0) is 37.3 Å². The summed E-state index contributed by atoms with van der Waals surface area (Å²) in [5.41, 5.74) is 0.177. The summed E-state index contributed by atoms with van der Waals surface area (Å²) in [5.74, 6) is -1.66. The van der Waals surface area contributed by atoms with Crippen LogP contribution in [0.15, 0.2) is 41.3 Å². The van der Waals surface area contributed by atoms with Crippen molar-refractivity contribution in [3.05, 3.63) is 57.9 Å². The molecule has 9 heteroatoms. The number of fused-ring (bicyclic) bond motifs is 1. The molecule has 2 aromatic carbocycles. The van der Waals surface area contributed by atoms with Gasteiger partial charge in [-0.1, -0.05) is 0 Å². The largest absolute Gasteiger partial charge is 0.324 e. The number of hydrogen-bond donors (Lipinski definition) is 2. The molecule has 0 bridgehead atoms. The van der Waals surface area contributed by atoms with E-state index in [2.05, 4.69) is 10.6 Å². The van der Waals surface area contributed by atoms with Crippen LogP contribution in [0, 0.1) is 15.9 Å². The fourth-order valence-electron chi connectivity index (χ4n) is 2.28.